The predicted molar refractivity (Wildman–Crippen MR) is 82.2 cm³/mol. The Kier molecular flexibility index (Phi) is 9.30. The maximum Gasteiger partial charge on any atom is 0.302 e. The van der Waals surface area contributed by atoms with Gasteiger partial charge in [-0.05, 0) is 38.8 Å². The number of hydrogen-bond acceptors (Lipinski definition) is 5. The lowest BCUT2D eigenvalue weighted by molar-refractivity contribution is -0.146. The van der Waals surface area contributed by atoms with Crippen molar-refractivity contribution in [1.29, 1.82) is 0 Å². The van der Waals surface area contributed by atoms with Gasteiger partial charge in [0.05, 0.1) is 0 Å². The van der Waals surface area contributed by atoms with Crippen molar-refractivity contribution in [3.63, 3.8) is 0 Å². The Balaban J connectivity index is 2.44. The highest BCUT2D eigenvalue weighted by Gasteiger charge is 2.23. The number of carbonyl (C=O) groups excluding carboxylic acids is 4. The van der Waals surface area contributed by atoms with Crippen LogP contribution < -0.4 is 10.6 Å². The van der Waals surface area contributed by atoms with E-state index >= 15 is 0 Å². The average Bonchev–Trinajstić information content (AvgIpc) is 2.49. The van der Waals surface area contributed by atoms with E-state index < -0.39 is 23.4 Å². The minimum atomic E-state index is -1.10. The van der Waals surface area contributed by atoms with Gasteiger partial charge in [-0.2, -0.15) is 0 Å². The first kappa shape index (κ1) is 18.5. The Labute approximate surface area is 131 Å². The fourth-order valence-electron chi connectivity index (χ4n) is 2.39. The monoisotopic (exact) mass is 310 g/mol. The second-order valence-electron chi connectivity index (χ2n) is 5.71. The van der Waals surface area contributed by atoms with Crippen molar-refractivity contribution in [2.45, 2.75) is 64.2 Å². The molecule has 124 valence electrons. The summed E-state index contributed by atoms with van der Waals surface area (Å²) >= 11 is 0. The van der Waals surface area contributed by atoms with E-state index in [9.17, 15) is 19.2 Å². The van der Waals surface area contributed by atoms with Crippen molar-refractivity contribution in [3.05, 3.63) is 0 Å². The van der Waals surface area contributed by atoms with Crippen LogP contribution in [0.1, 0.15) is 64.2 Å². The average molecular weight is 310 g/mol. The fraction of sp³-hybridized carbons (Fsp3) is 0.750. The van der Waals surface area contributed by atoms with E-state index in [0.29, 0.717) is 12.8 Å². The topological polar surface area (TPSA) is 92.3 Å². The number of hydrogen-bond donors (Lipinski definition) is 2. The number of Topliss-reactive ketones (excluding diaryl/α,β-unsaturated/α-hetero) is 2. The van der Waals surface area contributed by atoms with E-state index in [1.807, 2.05) is 5.32 Å². The minimum Gasteiger partial charge on any atom is -0.317 e. The van der Waals surface area contributed by atoms with Gasteiger partial charge in [-0.3, -0.25) is 24.5 Å². The molecule has 0 saturated carbocycles. The smallest absolute Gasteiger partial charge is 0.302 e. The summed E-state index contributed by atoms with van der Waals surface area (Å²) in [6.45, 7) is 1.91. The molecule has 0 bridgehead atoms. The maximum atomic E-state index is 11.6. The van der Waals surface area contributed by atoms with Crippen LogP contribution >= 0.6 is 0 Å². The van der Waals surface area contributed by atoms with E-state index in [4.69, 9.17) is 0 Å². The predicted octanol–water partition coefficient (Wildman–Crippen LogP) is 1.27. The molecule has 22 heavy (non-hydrogen) atoms. The van der Waals surface area contributed by atoms with Gasteiger partial charge in [-0.1, -0.05) is 25.7 Å². The van der Waals surface area contributed by atoms with Crippen LogP contribution in [-0.4, -0.2) is 36.5 Å². The van der Waals surface area contributed by atoms with Gasteiger partial charge in [0.2, 0.25) is 11.7 Å². The number of nitrogens with one attached hydrogen (secondary N) is 2. The SMILES string of the molecule is O=C1CCCCCCCNCCCCCC(=O)C(=O)C(=O)N1. The molecule has 0 spiro atoms. The van der Waals surface area contributed by atoms with Crippen LogP contribution in [0.5, 0.6) is 0 Å². The van der Waals surface area contributed by atoms with E-state index in [1.54, 1.807) is 0 Å². The normalized spacial score (nSPS) is 21.8. The highest BCUT2D eigenvalue weighted by atomic mass is 16.2. The van der Waals surface area contributed by atoms with Gasteiger partial charge in [0, 0.05) is 12.8 Å². The van der Waals surface area contributed by atoms with Crippen molar-refractivity contribution in [3.8, 4) is 0 Å². The van der Waals surface area contributed by atoms with E-state index in [2.05, 4.69) is 5.32 Å². The maximum absolute atomic E-state index is 11.6. The third-order valence-electron chi connectivity index (χ3n) is 3.73. The summed E-state index contributed by atoms with van der Waals surface area (Å²) in [4.78, 5) is 46.2. The number of ketones is 2. The molecule has 0 aliphatic carbocycles. The van der Waals surface area contributed by atoms with Crippen LogP contribution in [0.15, 0.2) is 0 Å². The second-order valence-corrected chi connectivity index (χ2v) is 5.71. The molecule has 1 aliphatic heterocycles. The fourth-order valence-corrected chi connectivity index (χ4v) is 2.39. The Morgan fingerprint density at radius 1 is 0.636 bits per heavy atom. The Morgan fingerprint density at radius 3 is 1.91 bits per heavy atom. The Morgan fingerprint density at radius 2 is 1.18 bits per heavy atom. The van der Waals surface area contributed by atoms with Crippen LogP contribution in [0.4, 0.5) is 0 Å². The zero-order valence-electron chi connectivity index (χ0n) is 13.1. The van der Waals surface area contributed by atoms with Gasteiger partial charge in [-0.15, -0.1) is 0 Å². The minimum absolute atomic E-state index is 0.0699. The van der Waals surface area contributed by atoms with Gasteiger partial charge in [0.25, 0.3) is 5.78 Å². The van der Waals surface area contributed by atoms with Crippen LogP contribution in [0.25, 0.3) is 0 Å². The first-order valence-corrected chi connectivity index (χ1v) is 8.23. The standard InChI is InChI=1S/C16H26N2O4/c19-13-9-5-4-8-12-17-11-7-3-1-2-6-10-14(20)18-16(22)15(13)21/h17H,1-12H2,(H,18,20,22). The molecule has 2 N–H and O–H groups in total. The summed E-state index contributed by atoms with van der Waals surface area (Å²) in [5, 5.41) is 5.36. The summed E-state index contributed by atoms with van der Waals surface area (Å²) in [6.07, 6.45) is 7.58. The van der Waals surface area contributed by atoms with Crippen molar-refractivity contribution in [2.24, 2.45) is 0 Å². The van der Waals surface area contributed by atoms with Crippen LogP contribution in [-0.2, 0) is 19.2 Å². The lowest BCUT2D eigenvalue weighted by Gasteiger charge is -2.06. The number of carbonyl (C=O) groups is 4. The van der Waals surface area contributed by atoms with Gasteiger partial charge >= 0.3 is 5.91 Å². The zero-order valence-corrected chi connectivity index (χ0v) is 13.1. The summed E-state index contributed by atoms with van der Waals surface area (Å²) in [7, 11) is 0. The number of amides is 2. The molecule has 1 fully saturated rings. The summed E-state index contributed by atoms with van der Waals surface area (Å²) in [6, 6.07) is 0. The Bertz CT molecular complexity index is 407. The molecular weight excluding hydrogens is 284 g/mol. The largest absolute Gasteiger partial charge is 0.317 e. The van der Waals surface area contributed by atoms with Crippen LogP contribution in [0, 0.1) is 0 Å². The van der Waals surface area contributed by atoms with Crippen LogP contribution in [0.2, 0.25) is 0 Å². The first-order valence-electron chi connectivity index (χ1n) is 8.23. The van der Waals surface area contributed by atoms with E-state index in [1.165, 1.54) is 0 Å². The third kappa shape index (κ3) is 8.02. The lowest BCUT2D eigenvalue weighted by Crippen LogP contribution is -2.39. The highest BCUT2D eigenvalue weighted by molar-refractivity contribution is 6.64. The molecule has 1 saturated heterocycles. The molecule has 1 aliphatic rings. The van der Waals surface area contributed by atoms with Gasteiger partial charge in [-0.25, -0.2) is 0 Å². The quantitative estimate of drug-likeness (QED) is 0.519. The third-order valence-corrected chi connectivity index (χ3v) is 3.73. The van der Waals surface area contributed by atoms with Gasteiger partial charge in [0.1, 0.15) is 0 Å². The van der Waals surface area contributed by atoms with Crippen molar-refractivity contribution in [1.82, 2.24) is 10.6 Å². The molecule has 0 unspecified atom stereocenters. The van der Waals surface area contributed by atoms with Crippen molar-refractivity contribution in [2.75, 3.05) is 13.1 Å². The second kappa shape index (κ2) is 11.1. The molecule has 0 aromatic carbocycles. The molecule has 1 heterocycles. The molecule has 1 rings (SSSR count). The molecule has 6 nitrogen and oxygen atoms in total. The van der Waals surface area contributed by atoms with Crippen molar-refractivity contribution >= 4 is 23.4 Å². The van der Waals surface area contributed by atoms with Gasteiger partial charge in [0.15, 0.2) is 0 Å². The first-order chi connectivity index (χ1) is 10.6. The van der Waals surface area contributed by atoms with Crippen molar-refractivity contribution < 1.29 is 19.2 Å². The molecule has 2 amide bonds. The lowest BCUT2D eigenvalue weighted by atomic mass is 10.1. The van der Waals surface area contributed by atoms with Crippen LogP contribution in [0.3, 0.4) is 0 Å². The summed E-state index contributed by atoms with van der Waals surface area (Å²) in [5.74, 6) is -3.38. The molecule has 0 radical (unpaired) electrons. The number of imide groups is 1. The number of rotatable bonds is 0. The molecule has 6 heteroatoms. The highest BCUT2D eigenvalue weighted by Crippen LogP contribution is 2.06. The van der Waals surface area contributed by atoms with E-state index in [-0.39, 0.29) is 12.8 Å². The molecule has 0 aromatic heterocycles. The summed E-state index contributed by atoms with van der Waals surface area (Å²) in [5.41, 5.74) is 0. The molecule has 0 atom stereocenters. The zero-order chi connectivity index (χ0) is 16.2. The molecular formula is C16H26N2O4. The summed E-state index contributed by atoms with van der Waals surface area (Å²) < 4.78 is 0. The van der Waals surface area contributed by atoms with E-state index in [0.717, 1.165) is 51.6 Å². The van der Waals surface area contributed by atoms with Gasteiger partial charge < -0.3 is 5.32 Å². The Hall–Kier alpha value is -1.56. The molecule has 0 aromatic rings.